The molecule has 3 heterocycles. The van der Waals surface area contributed by atoms with Crippen molar-refractivity contribution < 1.29 is 14.3 Å². The number of nitro benzene ring substituents is 1. The summed E-state index contributed by atoms with van der Waals surface area (Å²) < 4.78 is 5.87. The molecule has 0 saturated heterocycles. The van der Waals surface area contributed by atoms with Gasteiger partial charge < -0.3 is 5.73 Å². The predicted molar refractivity (Wildman–Crippen MR) is 110 cm³/mol. The number of nitrogens with zero attached hydrogens (tertiary/aromatic N) is 6. The van der Waals surface area contributed by atoms with E-state index in [4.69, 9.17) is 5.73 Å². The van der Waals surface area contributed by atoms with E-state index in [1.807, 2.05) is 5.38 Å². The Labute approximate surface area is 177 Å². The average molecular weight is 439 g/mol. The van der Waals surface area contributed by atoms with Crippen LogP contribution in [0.25, 0.3) is 22.1 Å². The fourth-order valence-corrected chi connectivity index (χ4v) is 3.38. The van der Waals surface area contributed by atoms with Gasteiger partial charge in [-0.05, 0) is 21.8 Å². The van der Waals surface area contributed by atoms with Gasteiger partial charge in [-0.2, -0.15) is 4.68 Å². The molecule has 0 aliphatic carbocycles. The standard InChI is InChI=1S/C17H13N9O4S/c1-9(10-4-2-5-11(8-10)26(28)29)19-21-17(27)13-14(12-6-3-7-31-12)25(24-20-13)16-15(18)22-30-23-16/h2-8,19H,1H2,(H2,18,22)(H,21,27). The van der Waals surface area contributed by atoms with Crippen LogP contribution in [-0.4, -0.2) is 36.1 Å². The molecule has 1 aromatic carbocycles. The number of nitrogens with one attached hydrogen (secondary N) is 2. The summed E-state index contributed by atoms with van der Waals surface area (Å²) in [5, 5.41) is 27.9. The van der Waals surface area contributed by atoms with Gasteiger partial charge in [0.15, 0.2) is 5.69 Å². The molecule has 4 rings (SSSR count). The second-order valence-electron chi connectivity index (χ2n) is 6.01. The Morgan fingerprint density at radius 2 is 2.10 bits per heavy atom. The molecule has 0 fully saturated rings. The van der Waals surface area contributed by atoms with Crippen LogP contribution in [0, 0.1) is 10.1 Å². The van der Waals surface area contributed by atoms with Crippen molar-refractivity contribution in [1.82, 2.24) is 36.2 Å². The van der Waals surface area contributed by atoms with Crippen molar-refractivity contribution in [2.24, 2.45) is 0 Å². The number of nitrogen functional groups attached to an aromatic ring is 1. The second kappa shape index (κ2) is 8.03. The van der Waals surface area contributed by atoms with E-state index in [0.717, 1.165) is 0 Å². The van der Waals surface area contributed by atoms with Crippen molar-refractivity contribution in [2.75, 3.05) is 5.73 Å². The molecule has 0 saturated carbocycles. The molecule has 4 N–H and O–H groups in total. The zero-order valence-electron chi connectivity index (χ0n) is 15.6. The van der Waals surface area contributed by atoms with E-state index >= 15 is 0 Å². The lowest BCUT2D eigenvalue weighted by atomic mass is 10.1. The van der Waals surface area contributed by atoms with Crippen LogP contribution in [0.4, 0.5) is 11.5 Å². The number of thiophene rings is 1. The molecule has 0 atom stereocenters. The highest BCUT2D eigenvalue weighted by Crippen LogP contribution is 2.29. The number of aromatic nitrogens is 5. The summed E-state index contributed by atoms with van der Waals surface area (Å²) in [6.45, 7) is 3.79. The molecule has 0 spiro atoms. The van der Waals surface area contributed by atoms with E-state index in [1.165, 1.54) is 34.2 Å². The Kier molecular flexibility index (Phi) is 5.11. The van der Waals surface area contributed by atoms with Crippen LogP contribution in [0.1, 0.15) is 16.1 Å². The lowest BCUT2D eigenvalue weighted by molar-refractivity contribution is -0.384. The molecule has 1 amide bonds. The Hall–Kier alpha value is -4.59. The van der Waals surface area contributed by atoms with Gasteiger partial charge in [-0.1, -0.05) is 30.0 Å². The van der Waals surface area contributed by atoms with Gasteiger partial charge in [0, 0.05) is 17.7 Å². The molecule has 14 heteroatoms. The first kappa shape index (κ1) is 19.7. The Morgan fingerprint density at radius 3 is 2.77 bits per heavy atom. The number of anilines is 1. The normalized spacial score (nSPS) is 10.6. The molecule has 0 aliphatic rings. The van der Waals surface area contributed by atoms with Crippen LogP contribution in [0.15, 0.2) is 53.0 Å². The number of rotatable bonds is 7. The van der Waals surface area contributed by atoms with Gasteiger partial charge in [0.1, 0.15) is 5.69 Å². The van der Waals surface area contributed by atoms with Gasteiger partial charge in [0.25, 0.3) is 11.6 Å². The van der Waals surface area contributed by atoms with Crippen LogP contribution in [0.3, 0.4) is 0 Å². The summed E-state index contributed by atoms with van der Waals surface area (Å²) in [6, 6.07) is 9.38. The SMILES string of the molecule is C=C(NNC(=O)c1nnn(-c2nonc2N)c1-c1cccs1)c1cccc([N+](=O)[O-])c1. The van der Waals surface area contributed by atoms with E-state index in [1.54, 1.807) is 18.2 Å². The number of amides is 1. The van der Waals surface area contributed by atoms with Crippen LogP contribution in [0.2, 0.25) is 0 Å². The first-order valence-corrected chi connectivity index (χ1v) is 9.41. The summed E-state index contributed by atoms with van der Waals surface area (Å²) in [7, 11) is 0. The molecule has 0 unspecified atom stereocenters. The van der Waals surface area contributed by atoms with Crippen LogP contribution in [-0.2, 0) is 0 Å². The zero-order chi connectivity index (χ0) is 22.0. The fraction of sp³-hybridized carbons (Fsp3) is 0. The van der Waals surface area contributed by atoms with Crippen molar-refractivity contribution in [1.29, 1.82) is 0 Å². The van der Waals surface area contributed by atoms with Gasteiger partial charge in [-0.3, -0.25) is 25.8 Å². The van der Waals surface area contributed by atoms with E-state index in [9.17, 15) is 14.9 Å². The highest BCUT2D eigenvalue weighted by molar-refractivity contribution is 7.13. The zero-order valence-corrected chi connectivity index (χ0v) is 16.4. The van der Waals surface area contributed by atoms with Crippen molar-refractivity contribution in [3.8, 4) is 16.4 Å². The maximum Gasteiger partial charge on any atom is 0.292 e. The number of hydrogen-bond donors (Lipinski definition) is 3. The maximum atomic E-state index is 12.8. The van der Waals surface area contributed by atoms with Gasteiger partial charge in [0.05, 0.1) is 15.5 Å². The summed E-state index contributed by atoms with van der Waals surface area (Å²) in [5.74, 6) is -0.563. The largest absolute Gasteiger partial charge is 0.378 e. The van der Waals surface area contributed by atoms with E-state index < -0.39 is 10.8 Å². The third-order valence-corrected chi connectivity index (χ3v) is 4.95. The second-order valence-corrected chi connectivity index (χ2v) is 6.96. The predicted octanol–water partition coefficient (Wildman–Crippen LogP) is 1.77. The average Bonchev–Trinajstić information content (AvgIpc) is 3.51. The van der Waals surface area contributed by atoms with Crippen molar-refractivity contribution >= 4 is 34.4 Å². The van der Waals surface area contributed by atoms with Gasteiger partial charge in [-0.15, -0.1) is 16.4 Å². The van der Waals surface area contributed by atoms with Crippen LogP contribution < -0.4 is 16.6 Å². The molecular weight excluding hydrogens is 426 g/mol. The third kappa shape index (κ3) is 3.82. The van der Waals surface area contributed by atoms with Crippen LogP contribution >= 0.6 is 11.3 Å². The first-order valence-electron chi connectivity index (χ1n) is 8.53. The monoisotopic (exact) mass is 439 g/mol. The minimum atomic E-state index is -0.628. The number of nitrogens with two attached hydrogens (primary N) is 1. The number of non-ortho nitro benzene ring substituents is 1. The molecule has 156 valence electrons. The summed E-state index contributed by atoms with van der Waals surface area (Å²) in [5.41, 5.74) is 11.7. The minimum Gasteiger partial charge on any atom is -0.378 e. The number of nitro groups is 1. The van der Waals surface area contributed by atoms with Gasteiger partial charge in [0.2, 0.25) is 11.6 Å². The molecule has 13 nitrogen and oxygen atoms in total. The quantitative estimate of drug-likeness (QED) is 0.284. The third-order valence-electron chi connectivity index (χ3n) is 4.07. The summed E-state index contributed by atoms with van der Waals surface area (Å²) >= 11 is 1.35. The minimum absolute atomic E-state index is 0.0214. The Bertz CT molecular complexity index is 1280. The Morgan fingerprint density at radius 1 is 1.26 bits per heavy atom. The summed E-state index contributed by atoms with van der Waals surface area (Å²) in [6.07, 6.45) is 0. The molecule has 4 aromatic rings. The maximum absolute atomic E-state index is 12.8. The number of carbonyl (C=O) groups is 1. The van der Waals surface area contributed by atoms with Crippen molar-refractivity contribution in [3.05, 3.63) is 69.7 Å². The van der Waals surface area contributed by atoms with Crippen molar-refractivity contribution in [3.63, 3.8) is 0 Å². The molecule has 0 aliphatic heterocycles. The number of carbonyl (C=O) groups excluding carboxylic acids is 1. The molecule has 3 aromatic heterocycles. The number of hydrogen-bond acceptors (Lipinski definition) is 11. The fourth-order valence-electron chi connectivity index (χ4n) is 2.63. The van der Waals surface area contributed by atoms with Gasteiger partial charge in [-0.25, -0.2) is 4.63 Å². The van der Waals surface area contributed by atoms with E-state index in [0.29, 0.717) is 16.1 Å². The number of hydrazine groups is 1. The Balaban J connectivity index is 1.59. The molecule has 0 bridgehead atoms. The first-order chi connectivity index (χ1) is 15.0. The van der Waals surface area contributed by atoms with Crippen LogP contribution in [0.5, 0.6) is 0 Å². The van der Waals surface area contributed by atoms with E-state index in [2.05, 4.69) is 42.7 Å². The lowest BCUT2D eigenvalue weighted by Crippen LogP contribution is -2.36. The molecule has 0 radical (unpaired) electrons. The lowest BCUT2D eigenvalue weighted by Gasteiger charge is -2.11. The molecule has 31 heavy (non-hydrogen) atoms. The summed E-state index contributed by atoms with van der Waals surface area (Å²) in [4.78, 5) is 23.9. The number of benzene rings is 1. The highest BCUT2D eigenvalue weighted by Gasteiger charge is 2.26. The smallest absolute Gasteiger partial charge is 0.292 e. The van der Waals surface area contributed by atoms with E-state index in [-0.39, 0.29) is 28.7 Å². The van der Waals surface area contributed by atoms with Crippen molar-refractivity contribution in [2.45, 2.75) is 0 Å². The van der Waals surface area contributed by atoms with Gasteiger partial charge >= 0.3 is 0 Å². The topological polar surface area (TPSA) is 180 Å². The molecular formula is C17H13N9O4S. The highest BCUT2D eigenvalue weighted by atomic mass is 32.1.